The van der Waals surface area contributed by atoms with E-state index < -0.39 is 10.0 Å². The Labute approximate surface area is 152 Å². The molecule has 5 nitrogen and oxygen atoms in total. The molecule has 1 saturated heterocycles. The second-order valence-electron chi connectivity index (χ2n) is 6.86. The Morgan fingerprint density at radius 3 is 2.68 bits per heavy atom. The van der Waals surface area contributed by atoms with Crippen molar-refractivity contribution in [2.45, 2.75) is 63.8 Å². The summed E-state index contributed by atoms with van der Waals surface area (Å²) in [4.78, 5) is 2.86. The van der Waals surface area contributed by atoms with Gasteiger partial charge in [0.25, 0.3) is 0 Å². The van der Waals surface area contributed by atoms with Crippen molar-refractivity contribution < 1.29 is 13.2 Å². The van der Waals surface area contributed by atoms with Crippen LogP contribution in [0.3, 0.4) is 0 Å². The lowest BCUT2D eigenvalue weighted by atomic mass is 10.00. The Morgan fingerprint density at radius 2 is 2.00 bits per heavy atom. The number of sulfonamides is 1. The fourth-order valence-electron chi connectivity index (χ4n) is 3.67. The summed E-state index contributed by atoms with van der Waals surface area (Å²) in [6, 6.07) is 4.01. The molecular weight excluding hydrogens is 336 g/mol. The number of hydrogen-bond donors (Lipinski definition) is 1. The van der Waals surface area contributed by atoms with E-state index >= 15 is 0 Å². The number of hydrogen-bond acceptors (Lipinski definition) is 4. The highest BCUT2D eigenvalue weighted by atomic mass is 32.2. The first-order valence-corrected chi connectivity index (χ1v) is 10.8. The van der Waals surface area contributed by atoms with Gasteiger partial charge >= 0.3 is 0 Å². The second-order valence-corrected chi connectivity index (χ2v) is 8.60. The van der Waals surface area contributed by atoms with E-state index in [0.717, 1.165) is 30.6 Å². The minimum atomic E-state index is -3.48. The lowest BCUT2D eigenvalue weighted by Crippen LogP contribution is -2.40. The van der Waals surface area contributed by atoms with Crippen molar-refractivity contribution in [3.8, 4) is 5.75 Å². The minimum absolute atomic E-state index is 0.343. The van der Waals surface area contributed by atoms with Gasteiger partial charge in [-0.15, -0.1) is 0 Å². The molecule has 1 aromatic carbocycles. The summed E-state index contributed by atoms with van der Waals surface area (Å²) in [5, 5.41) is 0. The molecule has 0 radical (unpaired) electrons. The van der Waals surface area contributed by atoms with Crippen molar-refractivity contribution in [3.05, 3.63) is 23.3 Å². The molecule has 6 heteroatoms. The fraction of sp³-hybridized carbons (Fsp3) is 0.684. The van der Waals surface area contributed by atoms with Gasteiger partial charge in [-0.2, -0.15) is 0 Å². The Bertz CT molecular complexity index is 673. The normalized spacial score (nSPS) is 19.1. The van der Waals surface area contributed by atoms with Crippen LogP contribution in [0.25, 0.3) is 0 Å². The van der Waals surface area contributed by atoms with Crippen LogP contribution in [-0.4, -0.2) is 46.1 Å². The third-order valence-electron chi connectivity index (χ3n) is 5.33. The topological polar surface area (TPSA) is 58.6 Å². The van der Waals surface area contributed by atoms with Crippen molar-refractivity contribution in [2.75, 3.05) is 26.7 Å². The number of benzene rings is 1. The molecule has 25 heavy (non-hydrogen) atoms. The standard InChI is InChI=1S/C19H32N2O3S/c1-5-17-9-6-7-13-21(17)14-8-12-20-25(22,23)19-11-10-18(24-4)15(2)16(19)3/h10-11,17,20H,5-9,12-14H2,1-4H3/t17-/m1/s1. The van der Waals surface area contributed by atoms with E-state index in [9.17, 15) is 8.42 Å². The van der Waals surface area contributed by atoms with E-state index in [1.807, 2.05) is 13.8 Å². The molecule has 0 aromatic heterocycles. The zero-order chi connectivity index (χ0) is 18.4. The van der Waals surface area contributed by atoms with Crippen molar-refractivity contribution in [1.82, 2.24) is 9.62 Å². The molecule has 0 aliphatic carbocycles. The summed E-state index contributed by atoms with van der Waals surface area (Å²) in [5.74, 6) is 0.715. The zero-order valence-electron chi connectivity index (χ0n) is 16.0. The summed E-state index contributed by atoms with van der Waals surface area (Å²) in [6.45, 7) is 8.52. The molecule has 1 aromatic rings. The van der Waals surface area contributed by atoms with Crippen LogP contribution < -0.4 is 9.46 Å². The first-order chi connectivity index (χ1) is 11.9. The maximum Gasteiger partial charge on any atom is 0.240 e. The molecule has 1 fully saturated rings. The molecule has 1 aliphatic heterocycles. The molecule has 1 N–H and O–H groups in total. The highest BCUT2D eigenvalue weighted by molar-refractivity contribution is 7.89. The molecule has 0 spiro atoms. The third-order valence-corrected chi connectivity index (χ3v) is 6.94. The largest absolute Gasteiger partial charge is 0.496 e. The van der Waals surface area contributed by atoms with Gasteiger partial charge in [0.15, 0.2) is 0 Å². The third kappa shape index (κ3) is 4.96. The van der Waals surface area contributed by atoms with Gasteiger partial charge in [0, 0.05) is 12.6 Å². The van der Waals surface area contributed by atoms with Gasteiger partial charge in [-0.3, -0.25) is 0 Å². The van der Waals surface area contributed by atoms with Crippen molar-refractivity contribution in [1.29, 1.82) is 0 Å². The van der Waals surface area contributed by atoms with Crippen molar-refractivity contribution in [2.24, 2.45) is 0 Å². The predicted molar refractivity (Wildman–Crippen MR) is 102 cm³/mol. The van der Waals surface area contributed by atoms with Crippen molar-refractivity contribution in [3.63, 3.8) is 0 Å². The number of methoxy groups -OCH3 is 1. The zero-order valence-corrected chi connectivity index (χ0v) is 16.8. The van der Waals surface area contributed by atoms with Gasteiger partial charge in [0.2, 0.25) is 10.0 Å². The number of nitrogens with one attached hydrogen (secondary N) is 1. The van der Waals surface area contributed by atoms with Crippen LogP contribution in [0.2, 0.25) is 0 Å². The number of ether oxygens (including phenoxy) is 1. The molecule has 1 heterocycles. The molecule has 1 atom stereocenters. The van der Waals surface area contributed by atoms with Crippen LogP contribution in [0, 0.1) is 13.8 Å². The average molecular weight is 369 g/mol. The lowest BCUT2D eigenvalue weighted by Gasteiger charge is -2.35. The highest BCUT2D eigenvalue weighted by Crippen LogP contribution is 2.26. The molecule has 0 saturated carbocycles. The minimum Gasteiger partial charge on any atom is -0.496 e. The quantitative estimate of drug-likeness (QED) is 0.716. The van der Waals surface area contributed by atoms with Crippen LogP contribution >= 0.6 is 0 Å². The van der Waals surface area contributed by atoms with Crippen LogP contribution in [-0.2, 0) is 10.0 Å². The maximum absolute atomic E-state index is 12.6. The van der Waals surface area contributed by atoms with Crippen LogP contribution in [0.1, 0.15) is 50.2 Å². The Kier molecular flexibility index (Phi) is 7.28. The van der Waals surface area contributed by atoms with Crippen LogP contribution in [0.5, 0.6) is 5.75 Å². The molecule has 0 bridgehead atoms. The fourth-order valence-corrected chi connectivity index (χ4v) is 5.04. The predicted octanol–water partition coefficient (Wildman–Crippen LogP) is 3.24. The Balaban J connectivity index is 1.92. The Morgan fingerprint density at radius 1 is 1.24 bits per heavy atom. The summed E-state index contributed by atoms with van der Waals surface area (Å²) in [5.41, 5.74) is 1.61. The van der Waals surface area contributed by atoms with Crippen molar-refractivity contribution >= 4 is 10.0 Å². The second kappa shape index (κ2) is 9.01. The van der Waals surface area contributed by atoms with Gasteiger partial charge in [-0.05, 0) is 75.9 Å². The van der Waals surface area contributed by atoms with Crippen LogP contribution in [0.4, 0.5) is 0 Å². The molecule has 142 valence electrons. The monoisotopic (exact) mass is 368 g/mol. The molecule has 1 aliphatic rings. The highest BCUT2D eigenvalue weighted by Gasteiger charge is 2.21. The maximum atomic E-state index is 12.6. The number of nitrogens with zero attached hydrogens (tertiary/aromatic N) is 1. The van der Waals surface area contributed by atoms with E-state index in [1.165, 1.54) is 25.7 Å². The van der Waals surface area contributed by atoms with Gasteiger partial charge < -0.3 is 9.64 Å². The van der Waals surface area contributed by atoms with E-state index in [2.05, 4.69) is 16.5 Å². The summed E-state index contributed by atoms with van der Waals surface area (Å²) >= 11 is 0. The van der Waals surface area contributed by atoms with Gasteiger partial charge in [-0.1, -0.05) is 13.3 Å². The van der Waals surface area contributed by atoms with Gasteiger partial charge in [0.05, 0.1) is 12.0 Å². The number of piperidine rings is 1. The molecule has 0 amide bonds. The molecule has 0 unspecified atom stereocenters. The number of likely N-dealkylation sites (tertiary alicyclic amines) is 1. The average Bonchev–Trinajstić information content (AvgIpc) is 2.61. The first kappa shape index (κ1) is 20.2. The molecule has 2 rings (SSSR count). The van der Waals surface area contributed by atoms with Gasteiger partial charge in [0.1, 0.15) is 5.75 Å². The van der Waals surface area contributed by atoms with Crippen LogP contribution in [0.15, 0.2) is 17.0 Å². The summed E-state index contributed by atoms with van der Waals surface area (Å²) in [7, 11) is -1.89. The summed E-state index contributed by atoms with van der Waals surface area (Å²) < 4.78 is 33.2. The van der Waals surface area contributed by atoms with E-state index in [-0.39, 0.29) is 0 Å². The Hall–Kier alpha value is -1.11. The van der Waals surface area contributed by atoms with E-state index in [4.69, 9.17) is 4.74 Å². The van der Waals surface area contributed by atoms with E-state index in [0.29, 0.717) is 23.2 Å². The number of rotatable bonds is 8. The lowest BCUT2D eigenvalue weighted by molar-refractivity contribution is 0.143. The summed E-state index contributed by atoms with van der Waals surface area (Å²) in [6.07, 6.45) is 5.86. The smallest absolute Gasteiger partial charge is 0.240 e. The molecular formula is C19H32N2O3S. The van der Waals surface area contributed by atoms with Gasteiger partial charge in [-0.25, -0.2) is 13.1 Å². The van der Waals surface area contributed by atoms with E-state index in [1.54, 1.807) is 19.2 Å². The SMILES string of the molecule is CC[C@@H]1CCCCN1CCCNS(=O)(=O)c1ccc(OC)c(C)c1C. The first-order valence-electron chi connectivity index (χ1n) is 9.28.